The van der Waals surface area contributed by atoms with Gasteiger partial charge in [0.15, 0.2) is 0 Å². The van der Waals surface area contributed by atoms with E-state index in [0.717, 1.165) is 30.9 Å². The van der Waals surface area contributed by atoms with E-state index in [1.165, 1.54) is 25.5 Å². The summed E-state index contributed by atoms with van der Waals surface area (Å²) in [5.74, 6) is -0.135. The van der Waals surface area contributed by atoms with Crippen LogP contribution in [-0.4, -0.2) is 37.1 Å². The highest BCUT2D eigenvalue weighted by Gasteiger charge is 2.31. The number of nitrogens with two attached hydrogens (primary N) is 1. The third kappa shape index (κ3) is 1.99. The molecule has 18 heavy (non-hydrogen) atoms. The molecule has 1 unspecified atom stereocenters. The van der Waals surface area contributed by atoms with Crippen LogP contribution in [0.15, 0.2) is 18.2 Å². The monoisotopic (exact) mass is 249 g/mol. The lowest BCUT2D eigenvalue weighted by molar-refractivity contribution is 0.230. The van der Waals surface area contributed by atoms with Gasteiger partial charge < -0.3 is 10.6 Å². The Kier molecular flexibility index (Phi) is 3.22. The molecule has 0 saturated carbocycles. The first kappa shape index (κ1) is 11.9. The van der Waals surface area contributed by atoms with Crippen molar-refractivity contribution < 1.29 is 4.39 Å². The highest BCUT2D eigenvalue weighted by molar-refractivity contribution is 5.55. The number of rotatable bonds is 2. The van der Waals surface area contributed by atoms with Crippen molar-refractivity contribution in [1.82, 2.24) is 4.90 Å². The summed E-state index contributed by atoms with van der Waals surface area (Å²) in [4.78, 5) is 4.71. The van der Waals surface area contributed by atoms with Gasteiger partial charge in [0.25, 0.3) is 0 Å². The van der Waals surface area contributed by atoms with E-state index in [-0.39, 0.29) is 5.82 Å². The summed E-state index contributed by atoms with van der Waals surface area (Å²) in [6.07, 6.45) is 2.52. The number of benzene rings is 1. The Morgan fingerprint density at radius 3 is 3.00 bits per heavy atom. The molecule has 3 nitrogen and oxygen atoms in total. The molecule has 2 N–H and O–H groups in total. The summed E-state index contributed by atoms with van der Waals surface area (Å²) in [5.41, 5.74) is 7.38. The van der Waals surface area contributed by atoms with Crippen LogP contribution < -0.4 is 10.6 Å². The molecule has 2 aliphatic rings. The number of para-hydroxylation sites is 1. The third-order valence-corrected chi connectivity index (χ3v) is 4.19. The molecule has 0 aromatic heterocycles. The number of hydrogen-bond acceptors (Lipinski definition) is 3. The first-order valence-electron chi connectivity index (χ1n) is 6.76. The Balaban J connectivity index is 1.86. The number of nitrogens with zero attached hydrogens (tertiary/aromatic N) is 2. The lowest BCUT2D eigenvalue weighted by Crippen LogP contribution is -2.50. The normalized spacial score (nSPS) is 24.3. The summed E-state index contributed by atoms with van der Waals surface area (Å²) in [5, 5.41) is 0. The summed E-state index contributed by atoms with van der Waals surface area (Å²) in [7, 11) is 0. The maximum atomic E-state index is 14.1. The third-order valence-electron chi connectivity index (χ3n) is 4.19. The fourth-order valence-electron chi connectivity index (χ4n) is 3.27. The van der Waals surface area contributed by atoms with E-state index in [1.54, 1.807) is 6.07 Å². The van der Waals surface area contributed by atoms with Crippen molar-refractivity contribution >= 4 is 5.69 Å². The summed E-state index contributed by atoms with van der Waals surface area (Å²) < 4.78 is 14.1. The summed E-state index contributed by atoms with van der Waals surface area (Å²) in [6, 6.07) is 5.81. The summed E-state index contributed by atoms with van der Waals surface area (Å²) in [6.45, 7) is 4.50. The van der Waals surface area contributed by atoms with Gasteiger partial charge in [-0.1, -0.05) is 12.1 Å². The SMILES string of the molecule is NCc1cccc(F)c1N1CCN2CCCC2C1. The highest BCUT2D eigenvalue weighted by atomic mass is 19.1. The number of piperazine rings is 1. The van der Waals surface area contributed by atoms with E-state index in [2.05, 4.69) is 9.80 Å². The molecule has 1 atom stereocenters. The van der Waals surface area contributed by atoms with E-state index in [0.29, 0.717) is 12.6 Å². The lowest BCUT2D eigenvalue weighted by atomic mass is 10.1. The molecule has 1 aromatic rings. The maximum absolute atomic E-state index is 14.1. The van der Waals surface area contributed by atoms with Gasteiger partial charge in [-0.2, -0.15) is 0 Å². The molecule has 2 fully saturated rings. The molecule has 4 heteroatoms. The minimum Gasteiger partial charge on any atom is -0.366 e. The van der Waals surface area contributed by atoms with Crippen LogP contribution in [-0.2, 0) is 6.54 Å². The Morgan fingerprint density at radius 2 is 2.17 bits per heavy atom. The Labute approximate surface area is 107 Å². The van der Waals surface area contributed by atoms with Crippen molar-refractivity contribution in [2.45, 2.75) is 25.4 Å². The zero-order valence-electron chi connectivity index (χ0n) is 10.6. The van der Waals surface area contributed by atoms with Gasteiger partial charge in [0, 0.05) is 32.2 Å². The molecule has 0 radical (unpaired) electrons. The molecule has 0 amide bonds. The zero-order valence-corrected chi connectivity index (χ0v) is 10.6. The smallest absolute Gasteiger partial charge is 0.146 e. The number of anilines is 1. The molecule has 98 valence electrons. The Hall–Kier alpha value is -1.13. The second-order valence-corrected chi connectivity index (χ2v) is 5.23. The second kappa shape index (κ2) is 4.86. The average Bonchev–Trinajstić information content (AvgIpc) is 2.85. The van der Waals surface area contributed by atoms with E-state index < -0.39 is 0 Å². The summed E-state index contributed by atoms with van der Waals surface area (Å²) >= 11 is 0. The second-order valence-electron chi connectivity index (χ2n) is 5.23. The van der Waals surface area contributed by atoms with Crippen LogP contribution in [0.25, 0.3) is 0 Å². The van der Waals surface area contributed by atoms with Gasteiger partial charge in [-0.25, -0.2) is 4.39 Å². The van der Waals surface area contributed by atoms with Crippen LogP contribution in [0.4, 0.5) is 10.1 Å². The predicted molar refractivity (Wildman–Crippen MR) is 71.1 cm³/mol. The van der Waals surface area contributed by atoms with Crippen LogP contribution >= 0.6 is 0 Å². The highest BCUT2D eigenvalue weighted by Crippen LogP contribution is 2.29. The van der Waals surface area contributed by atoms with Crippen LogP contribution in [0.3, 0.4) is 0 Å². The van der Waals surface area contributed by atoms with Crippen molar-refractivity contribution in [2.75, 3.05) is 31.1 Å². The number of fused-ring (bicyclic) bond motifs is 1. The minimum absolute atomic E-state index is 0.135. The average molecular weight is 249 g/mol. The fraction of sp³-hybridized carbons (Fsp3) is 0.571. The molecule has 2 saturated heterocycles. The van der Waals surface area contributed by atoms with Crippen molar-refractivity contribution in [3.05, 3.63) is 29.6 Å². The van der Waals surface area contributed by atoms with E-state index >= 15 is 0 Å². The molecule has 3 rings (SSSR count). The first-order valence-corrected chi connectivity index (χ1v) is 6.76. The minimum atomic E-state index is -0.135. The molecule has 2 heterocycles. The van der Waals surface area contributed by atoms with Crippen molar-refractivity contribution in [3.8, 4) is 0 Å². The van der Waals surface area contributed by atoms with E-state index in [1.807, 2.05) is 6.07 Å². The molecule has 2 aliphatic heterocycles. The van der Waals surface area contributed by atoms with Gasteiger partial charge in [-0.15, -0.1) is 0 Å². The number of hydrogen-bond donors (Lipinski definition) is 1. The number of halogens is 1. The Bertz CT molecular complexity index is 435. The first-order chi connectivity index (χ1) is 8.79. The van der Waals surface area contributed by atoms with Gasteiger partial charge in [-0.3, -0.25) is 4.90 Å². The van der Waals surface area contributed by atoms with E-state index in [4.69, 9.17) is 5.73 Å². The molecular formula is C14H20FN3. The van der Waals surface area contributed by atoms with Crippen molar-refractivity contribution in [3.63, 3.8) is 0 Å². The van der Waals surface area contributed by atoms with Gasteiger partial charge in [0.1, 0.15) is 5.82 Å². The van der Waals surface area contributed by atoms with Crippen LogP contribution in [0, 0.1) is 5.82 Å². The van der Waals surface area contributed by atoms with Crippen molar-refractivity contribution in [1.29, 1.82) is 0 Å². The maximum Gasteiger partial charge on any atom is 0.146 e. The molecule has 0 aliphatic carbocycles. The van der Waals surface area contributed by atoms with Gasteiger partial charge in [0.2, 0.25) is 0 Å². The Morgan fingerprint density at radius 1 is 1.28 bits per heavy atom. The largest absolute Gasteiger partial charge is 0.366 e. The van der Waals surface area contributed by atoms with Crippen LogP contribution in [0.5, 0.6) is 0 Å². The molecule has 0 spiro atoms. The van der Waals surface area contributed by atoms with Gasteiger partial charge in [0.05, 0.1) is 5.69 Å². The van der Waals surface area contributed by atoms with E-state index in [9.17, 15) is 4.39 Å². The zero-order chi connectivity index (χ0) is 12.5. The molecule has 1 aromatic carbocycles. The van der Waals surface area contributed by atoms with Crippen LogP contribution in [0.1, 0.15) is 18.4 Å². The lowest BCUT2D eigenvalue weighted by Gasteiger charge is -2.39. The van der Waals surface area contributed by atoms with Gasteiger partial charge in [-0.05, 0) is 31.0 Å². The molecular weight excluding hydrogens is 229 g/mol. The topological polar surface area (TPSA) is 32.5 Å². The van der Waals surface area contributed by atoms with Crippen molar-refractivity contribution in [2.24, 2.45) is 5.73 Å². The fourth-order valence-corrected chi connectivity index (χ4v) is 3.27. The quantitative estimate of drug-likeness (QED) is 0.863. The predicted octanol–water partition coefficient (Wildman–Crippen LogP) is 1.57. The van der Waals surface area contributed by atoms with Crippen LogP contribution in [0.2, 0.25) is 0 Å². The van der Waals surface area contributed by atoms with Gasteiger partial charge >= 0.3 is 0 Å². The molecule has 0 bridgehead atoms. The standard InChI is InChI=1S/C14H20FN3/c15-13-5-1-3-11(9-16)14(13)18-8-7-17-6-2-4-12(17)10-18/h1,3,5,12H,2,4,6-10,16H2.